The van der Waals surface area contributed by atoms with Gasteiger partial charge in [-0.2, -0.15) is 0 Å². The molecular weight excluding hydrogens is 305 g/mol. The molecule has 1 aliphatic carbocycles. The summed E-state index contributed by atoms with van der Waals surface area (Å²) >= 11 is 12.5. The topological polar surface area (TPSA) is 35.2 Å². The van der Waals surface area contributed by atoms with Crippen molar-refractivity contribution in [1.82, 2.24) is 0 Å². The van der Waals surface area contributed by atoms with Crippen LogP contribution < -0.4 is 5.73 Å². The Labute approximate surface area is 136 Å². The third-order valence-corrected chi connectivity index (χ3v) is 5.98. The van der Waals surface area contributed by atoms with Crippen LogP contribution in [0.3, 0.4) is 0 Å². The zero-order chi connectivity index (χ0) is 14.9. The van der Waals surface area contributed by atoms with E-state index in [1.54, 1.807) is 0 Å². The Morgan fingerprint density at radius 3 is 2.71 bits per heavy atom. The minimum Gasteiger partial charge on any atom is -0.375 e. The van der Waals surface area contributed by atoms with E-state index in [9.17, 15) is 0 Å². The van der Waals surface area contributed by atoms with Crippen LogP contribution in [0.1, 0.15) is 56.6 Å². The summed E-state index contributed by atoms with van der Waals surface area (Å²) in [6, 6.07) is 5.69. The van der Waals surface area contributed by atoms with Gasteiger partial charge < -0.3 is 10.5 Å². The van der Waals surface area contributed by atoms with Crippen molar-refractivity contribution in [1.29, 1.82) is 0 Å². The summed E-state index contributed by atoms with van der Waals surface area (Å²) in [6.07, 6.45) is 8.31. The Bertz CT molecular complexity index is 494. The van der Waals surface area contributed by atoms with E-state index in [4.69, 9.17) is 33.7 Å². The SMILES string of the molecule is NC(c1cccc(Cl)c1Cl)C1CCOC2(CCCCC2)C1. The first-order valence-electron chi connectivity index (χ1n) is 7.95. The summed E-state index contributed by atoms with van der Waals surface area (Å²) in [5.74, 6) is 0.424. The molecule has 1 heterocycles. The van der Waals surface area contributed by atoms with E-state index in [0.29, 0.717) is 16.0 Å². The fraction of sp³-hybridized carbons (Fsp3) is 0.647. The van der Waals surface area contributed by atoms with Gasteiger partial charge in [-0.25, -0.2) is 0 Å². The minimum atomic E-state index is -0.0566. The average molecular weight is 328 g/mol. The smallest absolute Gasteiger partial charge is 0.0685 e. The standard InChI is InChI=1S/C17H23Cl2NO/c18-14-6-4-5-13(15(14)19)16(20)12-7-10-21-17(11-12)8-2-1-3-9-17/h4-6,12,16H,1-3,7-11,20H2. The number of hydrogen-bond donors (Lipinski definition) is 1. The second-order valence-electron chi connectivity index (χ2n) is 6.51. The van der Waals surface area contributed by atoms with Crippen molar-refractivity contribution in [2.45, 2.75) is 56.6 Å². The van der Waals surface area contributed by atoms with Gasteiger partial charge in [-0.1, -0.05) is 54.6 Å². The molecule has 3 rings (SSSR count). The molecule has 1 spiro atoms. The zero-order valence-corrected chi connectivity index (χ0v) is 13.8. The molecule has 21 heavy (non-hydrogen) atoms. The normalized spacial score (nSPS) is 26.7. The van der Waals surface area contributed by atoms with Gasteiger partial charge in [-0.15, -0.1) is 0 Å². The van der Waals surface area contributed by atoms with Gasteiger partial charge in [-0.05, 0) is 43.2 Å². The number of hydrogen-bond acceptors (Lipinski definition) is 2. The Morgan fingerprint density at radius 2 is 1.95 bits per heavy atom. The van der Waals surface area contributed by atoms with E-state index in [1.807, 2.05) is 18.2 Å². The largest absolute Gasteiger partial charge is 0.375 e. The minimum absolute atomic E-state index is 0.0566. The van der Waals surface area contributed by atoms with Gasteiger partial charge >= 0.3 is 0 Å². The third-order valence-electron chi connectivity index (χ3n) is 5.14. The lowest BCUT2D eigenvalue weighted by Gasteiger charge is -2.45. The molecule has 2 aliphatic rings. The highest BCUT2D eigenvalue weighted by atomic mass is 35.5. The van der Waals surface area contributed by atoms with Crippen LogP contribution in [0.15, 0.2) is 18.2 Å². The van der Waals surface area contributed by atoms with Crippen LogP contribution in [0, 0.1) is 5.92 Å². The fourth-order valence-corrected chi connectivity index (χ4v) is 4.38. The molecule has 2 atom stereocenters. The van der Waals surface area contributed by atoms with E-state index >= 15 is 0 Å². The van der Waals surface area contributed by atoms with Gasteiger partial charge in [0, 0.05) is 12.6 Å². The second-order valence-corrected chi connectivity index (χ2v) is 7.30. The van der Waals surface area contributed by atoms with Crippen LogP contribution >= 0.6 is 23.2 Å². The molecule has 1 aliphatic heterocycles. The molecule has 1 saturated heterocycles. The van der Waals surface area contributed by atoms with Gasteiger partial charge in [0.2, 0.25) is 0 Å². The highest BCUT2D eigenvalue weighted by Gasteiger charge is 2.40. The molecule has 116 valence electrons. The van der Waals surface area contributed by atoms with E-state index in [2.05, 4.69) is 0 Å². The van der Waals surface area contributed by atoms with Gasteiger partial charge in [0.1, 0.15) is 0 Å². The monoisotopic (exact) mass is 327 g/mol. The molecule has 0 amide bonds. The molecule has 2 nitrogen and oxygen atoms in total. The Hall–Kier alpha value is -0.280. The fourth-order valence-electron chi connectivity index (χ4n) is 3.95. The summed E-state index contributed by atoms with van der Waals surface area (Å²) in [4.78, 5) is 0. The zero-order valence-electron chi connectivity index (χ0n) is 12.3. The quantitative estimate of drug-likeness (QED) is 0.817. The van der Waals surface area contributed by atoms with Gasteiger partial charge in [0.05, 0.1) is 15.6 Å². The maximum Gasteiger partial charge on any atom is 0.0685 e. The summed E-state index contributed by atoms with van der Waals surface area (Å²) in [5, 5.41) is 1.19. The first kappa shape index (κ1) is 15.6. The van der Waals surface area contributed by atoms with Crippen LogP contribution in [-0.2, 0) is 4.74 Å². The van der Waals surface area contributed by atoms with E-state index in [-0.39, 0.29) is 11.6 Å². The molecule has 2 unspecified atom stereocenters. The highest BCUT2D eigenvalue weighted by Crippen LogP contribution is 2.44. The summed E-state index contributed by atoms with van der Waals surface area (Å²) in [7, 11) is 0. The first-order chi connectivity index (χ1) is 10.1. The summed E-state index contributed by atoms with van der Waals surface area (Å²) in [5.41, 5.74) is 7.58. The van der Waals surface area contributed by atoms with Gasteiger partial charge in [0.25, 0.3) is 0 Å². The lowest BCUT2D eigenvalue weighted by molar-refractivity contribution is -0.120. The van der Waals surface area contributed by atoms with Crippen molar-refractivity contribution in [3.05, 3.63) is 33.8 Å². The molecule has 1 saturated carbocycles. The number of halogens is 2. The maximum atomic E-state index is 6.53. The molecule has 2 fully saturated rings. The summed E-state index contributed by atoms with van der Waals surface area (Å²) in [6.45, 7) is 0.816. The van der Waals surface area contributed by atoms with Crippen molar-refractivity contribution in [3.63, 3.8) is 0 Å². The molecule has 0 aromatic heterocycles. The van der Waals surface area contributed by atoms with Crippen molar-refractivity contribution in [3.8, 4) is 0 Å². The van der Waals surface area contributed by atoms with Gasteiger partial charge in [-0.3, -0.25) is 0 Å². The van der Waals surface area contributed by atoms with Crippen LogP contribution in [0.5, 0.6) is 0 Å². The number of rotatable bonds is 2. The van der Waals surface area contributed by atoms with Crippen molar-refractivity contribution in [2.24, 2.45) is 11.7 Å². The number of benzene rings is 1. The first-order valence-corrected chi connectivity index (χ1v) is 8.70. The Balaban J connectivity index is 1.78. The molecule has 1 aromatic carbocycles. The van der Waals surface area contributed by atoms with Gasteiger partial charge in [0.15, 0.2) is 0 Å². The molecule has 0 radical (unpaired) electrons. The number of nitrogens with two attached hydrogens (primary N) is 1. The Kier molecular flexibility index (Phi) is 4.80. The molecule has 4 heteroatoms. The third kappa shape index (κ3) is 3.24. The molecule has 1 aromatic rings. The van der Waals surface area contributed by atoms with Crippen LogP contribution in [-0.4, -0.2) is 12.2 Å². The van der Waals surface area contributed by atoms with Crippen molar-refractivity contribution < 1.29 is 4.74 Å². The van der Waals surface area contributed by atoms with Crippen LogP contribution in [0.2, 0.25) is 10.0 Å². The maximum absolute atomic E-state index is 6.53. The molecule has 2 N–H and O–H groups in total. The lowest BCUT2D eigenvalue weighted by atomic mass is 9.73. The predicted octanol–water partition coefficient (Wildman–Crippen LogP) is 5.12. The predicted molar refractivity (Wildman–Crippen MR) is 87.9 cm³/mol. The average Bonchev–Trinajstić information content (AvgIpc) is 2.50. The highest BCUT2D eigenvalue weighted by molar-refractivity contribution is 6.42. The van der Waals surface area contributed by atoms with E-state index in [0.717, 1.165) is 25.0 Å². The van der Waals surface area contributed by atoms with Crippen LogP contribution in [0.4, 0.5) is 0 Å². The van der Waals surface area contributed by atoms with Crippen molar-refractivity contribution in [2.75, 3.05) is 6.61 Å². The van der Waals surface area contributed by atoms with E-state index < -0.39 is 0 Å². The summed E-state index contributed by atoms with van der Waals surface area (Å²) < 4.78 is 6.16. The molecule has 0 bridgehead atoms. The lowest BCUT2D eigenvalue weighted by Crippen LogP contribution is -2.44. The molecular formula is C17H23Cl2NO. The Morgan fingerprint density at radius 1 is 1.19 bits per heavy atom. The van der Waals surface area contributed by atoms with E-state index in [1.165, 1.54) is 32.1 Å². The number of ether oxygens (including phenoxy) is 1. The van der Waals surface area contributed by atoms with Crippen molar-refractivity contribution >= 4 is 23.2 Å². The van der Waals surface area contributed by atoms with Crippen LogP contribution in [0.25, 0.3) is 0 Å². The second kappa shape index (κ2) is 6.45.